The molecule has 3 rings (SSSR count). The van der Waals surface area contributed by atoms with Crippen LogP contribution in [0.15, 0.2) is 42.5 Å². The third kappa shape index (κ3) is 5.51. The molecule has 160 valence electrons. The maximum absolute atomic E-state index is 11.9. The molecule has 0 saturated carbocycles. The van der Waals surface area contributed by atoms with E-state index in [9.17, 15) is 9.90 Å². The fraction of sp³-hybridized carbons (Fsp3) is 0.391. The van der Waals surface area contributed by atoms with Gasteiger partial charge in [0.25, 0.3) is 0 Å². The predicted molar refractivity (Wildman–Crippen MR) is 118 cm³/mol. The predicted octanol–water partition coefficient (Wildman–Crippen LogP) is 3.25. The van der Waals surface area contributed by atoms with Crippen molar-refractivity contribution in [3.8, 4) is 5.75 Å². The Balaban J connectivity index is 1.70. The summed E-state index contributed by atoms with van der Waals surface area (Å²) >= 11 is 0. The van der Waals surface area contributed by atoms with Gasteiger partial charge in [0.05, 0.1) is 0 Å². The van der Waals surface area contributed by atoms with Crippen LogP contribution in [-0.2, 0) is 11.2 Å². The molecule has 7 heteroatoms. The summed E-state index contributed by atoms with van der Waals surface area (Å²) in [6.45, 7) is 5.87. The smallest absolute Gasteiger partial charge is 0.330 e. The van der Waals surface area contributed by atoms with Gasteiger partial charge < -0.3 is 20.9 Å². The molecular weight excluding hydrogens is 380 g/mol. The van der Waals surface area contributed by atoms with E-state index in [1.54, 1.807) is 30.3 Å². The number of rotatable bonds is 10. The van der Waals surface area contributed by atoms with E-state index >= 15 is 0 Å². The molecule has 1 heterocycles. The molecule has 1 saturated heterocycles. The van der Waals surface area contributed by atoms with Gasteiger partial charge in [0.15, 0.2) is 6.04 Å². The van der Waals surface area contributed by atoms with E-state index in [4.69, 9.17) is 15.9 Å². The number of likely N-dealkylation sites (tertiary alicyclic amines) is 1. The van der Waals surface area contributed by atoms with E-state index < -0.39 is 12.0 Å². The van der Waals surface area contributed by atoms with Gasteiger partial charge in [-0.3, -0.25) is 10.3 Å². The van der Waals surface area contributed by atoms with E-state index in [1.165, 1.54) is 12.8 Å². The number of anilines is 1. The summed E-state index contributed by atoms with van der Waals surface area (Å²) in [5.74, 6) is -0.171. The summed E-state index contributed by atoms with van der Waals surface area (Å²) in [5.41, 5.74) is 8.38. The lowest BCUT2D eigenvalue weighted by Gasteiger charge is -2.20. The number of nitrogens with zero attached hydrogens (tertiary/aromatic N) is 1. The molecule has 2 aromatic carbocycles. The molecule has 1 atom stereocenters. The maximum atomic E-state index is 11.9. The van der Waals surface area contributed by atoms with Gasteiger partial charge in [-0.05, 0) is 79.9 Å². The number of hydrogen-bond donors (Lipinski definition) is 4. The first-order valence-electron chi connectivity index (χ1n) is 10.4. The van der Waals surface area contributed by atoms with Crippen LogP contribution in [0.4, 0.5) is 5.69 Å². The topological polar surface area (TPSA) is 112 Å². The monoisotopic (exact) mass is 410 g/mol. The highest BCUT2D eigenvalue weighted by molar-refractivity contribution is 5.95. The zero-order valence-corrected chi connectivity index (χ0v) is 17.4. The van der Waals surface area contributed by atoms with Gasteiger partial charge in [0.2, 0.25) is 0 Å². The van der Waals surface area contributed by atoms with Crippen molar-refractivity contribution in [2.45, 2.75) is 32.2 Å². The van der Waals surface area contributed by atoms with Crippen LogP contribution >= 0.6 is 0 Å². The molecule has 0 radical (unpaired) electrons. The van der Waals surface area contributed by atoms with Gasteiger partial charge in [0.1, 0.15) is 18.2 Å². The molecule has 1 aliphatic heterocycles. The number of nitrogens with one attached hydrogen (secondary N) is 2. The number of aliphatic carboxylic acids is 1. The summed E-state index contributed by atoms with van der Waals surface area (Å²) in [6, 6.07) is 11.5. The SMILES string of the molecule is CCc1cc(C(Nc2ccc(C(=N)N)cc2)C(=O)O)ccc1OCCN1CCCC1. The van der Waals surface area contributed by atoms with Crippen molar-refractivity contribution in [3.05, 3.63) is 59.2 Å². The molecule has 1 aliphatic rings. The summed E-state index contributed by atoms with van der Waals surface area (Å²) < 4.78 is 6.00. The Bertz CT molecular complexity index is 877. The number of hydrogen-bond acceptors (Lipinski definition) is 5. The average Bonchev–Trinajstić information content (AvgIpc) is 3.26. The summed E-state index contributed by atoms with van der Waals surface area (Å²) in [5, 5.41) is 20.3. The molecule has 1 fully saturated rings. The highest BCUT2D eigenvalue weighted by Crippen LogP contribution is 2.27. The van der Waals surface area contributed by atoms with E-state index in [1.807, 2.05) is 19.1 Å². The molecule has 30 heavy (non-hydrogen) atoms. The molecule has 2 aromatic rings. The van der Waals surface area contributed by atoms with Gasteiger partial charge in [-0.2, -0.15) is 0 Å². The summed E-state index contributed by atoms with van der Waals surface area (Å²) in [6.07, 6.45) is 3.28. The Labute approximate surface area is 177 Å². The van der Waals surface area contributed by atoms with Crippen LogP contribution < -0.4 is 15.8 Å². The number of carboxylic acid groups (broad SMARTS) is 1. The van der Waals surface area contributed by atoms with Crippen molar-refractivity contribution >= 4 is 17.5 Å². The normalized spacial score (nSPS) is 15.0. The molecule has 0 aliphatic carbocycles. The first-order chi connectivity index (χ1) is 14.5. The Morgan fingerprint density at radius 2 is 1.93 bits per heavy atom. The largest absolute Gasteiger partial charge is 0.492 e. The van der Waals surface area contributed by atoms with Crippen molar-refractivity contribution < 1.29 is 14.6 Å². The molecule has 0 spiro atoms. The van der Waals surface area contributed by atoms with Crippen molar-refractivity contribution in [1.29, 1.82) is 5.41 Å². The third-order valence-corrected chi connectivity index (χ3v) is 5.42. The van der Waals surface area contributed by atoms with Crippen molar-refractivity contribution in [2.24, 2.45) is 5.73 Å². The summed E-state index contributed by atoms with van der Waals surface area (Å²) in [4.78, 5) is 14.3. The fourth-order valence-electron chi connectivity index (χ4n) is 3.69. The number of nitrogens with two attached hydrogens (primary N) is 1. The van der Waals surface area contributed by atoms with Crippen LogP contribution in [0, 0.1) is 5.41 Å². The molecular formula is C23H30N4O3. The Morgan fingerprint density at radius 3 is 2.53 bits per heavy atom. The van der Waals surface area contributed by atoms with Crippen LogP contribution in [0.1, 0.15) is 42.5 Å². The number of amidine groups is 1. The minimum Gasteiger partial charge on any atom is -0.492 e. The van der Waals surface area contributed by atoms with E-state index in [0.29, 0.717) is 23.4 Å². The van der Waals surface area contributed by atoms with Gasteiger partial charge in [0, 0.05) is 17.8 Å². The van der Waals surface area contributed by atoms with Crippen LogP contribution in [0.2, 0.25) is 0 Å². The van der Waals surface area contributed by atoms with Crippen molar-refractivity contribution in [3.63, 3.8) is 0 Å². The average molecular weight is 411 g/mol. The number of carbonyl (C=O) groups is 1. The standard InChI is InChI=1S/C23H30N4O3/c1-2-16-15-18(7-10-20(16)30-14-13-27-11-3-4-12-27)21(23(28)29)26-19-8-5-17(6-9-19)22(24)25/h5-10,15,21,26H,2-4,11-14H2,1H3,(H3,24,25)(H,28,29). The Morgan fingerprint density at radius 1 is 1.23 bits per heavy atom. The van der Waals surface area contributed by atoms with Crippen LogP contribution in [0.3, 0.4) is 0 Å². The molecule has 7 nitrogen and oxygen atoms in total. The first kappa shape index (κ1) is 21.6. The van der Waals surface area contributed by atoms with E-state index in [-0.39, 0.29) is 5.84 Å². The number of benzene rings is 2. The van der Waals surface area contributed by atoms with Gasteiger partial charge >= 0.3 is 5.97 Å². The second-order valence-corrected chi connectivity index (χ2v) is 7.52. The molecule has 5 N–H and O–H groups in total. The van der Waals surface area contributed by atoms with Gasteiger partial charge in [-0.15, -0.1) is 0 Å². The van der Waals surface area contributed by atoms with Crippen molar-refractivity contribution in [1.82, 2.24) is 4.90 Å². The van der Waals surface area contributed by atoms with E-state index in [0.717, 1.165) is 37.4 Å². The van der Waals surface area contributed by atoms with Crippen LogP contribution in [0.25, 0.3) is 0 Å². The Kier molecular flexibility index (Phi) is 7.30. The van der Waals surface area contributed by atoms with Crippen LogP contribution in [-0.4, -0.2) is 48.1 Å². The van der Waals surface area contributed by atoms with Gasteiger partial charge in [-0.1, -0.05) is 13.0 Å². The van der Waals surface area contributed by atoms with E-state index in [2.05, 4.69) is 10.2 Å². The zero-order valence-electron chi connectivity index (χ0n) is 17.4. The highest BCUT2D eigenvalue weighted by Gasteiger charge is 2.21. The minimum absolute atomic E-state index is 0.0238. The summed E-state index contributed by atoms with van der Waals surface area (Å²) in [7, 11) is 0. The number of aryl methyl sites for hydroxylation is 1. The maximum Gasteiger partial charge on any atom is 0.330 e. The van der Waals surface area contributed by atoms with Crippen LogP contribution in [0.5, 0.6) is 5.75 Å². The zero-order chi connectivity index (χ0) is 21.5. The second kappa shape index (κ2) is 10.1. The molecule has 1 unspecified atom stereocenters. The third-order valence-electron chi connectivity index (χ3n) is 5.42. The lowest BCUT2D eigenvalue weighted by atomic mass is 10.0. The number of ether oxygens (including phenoxy) is 1. The Hall–Kier alpha value is -3.06. The fourth-order valence-corrected chi connectivity index (χ4v) is 3.69. The minimum atomic E-state index is -0.963. The number of carboxylic acids is 1. The van der Waals surface area contributed by atoms with Crippen molar-refractivity contribution in [2.75, 3.05) is 31.6 Å². The lowest BCUT2D eigenvalue weighted by molar-refractivity contribution is -0.138. The number of nitrogen functional groups attached to an aromatic ring is 1. The first-order valence-corrected chi connectivity index (χ1v) is 10.4. The quantitative estimate of drug-likeness (QED) is 0.353. The molecule has 0 bridgehead atoms. The highest BCUT2D eigenvalue weighted by atomic mass is 16.5. The molecule has 0 aromatic heterocycles. The van der Waals surface area contributed by atoms with Gasteiger partial charge in [-0.25, -0.2) is 4.79 Å². The lowest BCUT2D eigenvalue weighted by Crippen LogP contribution is -2.25. The molecule has 0 amide bonds. The second-order valence-electron chi connectivity index (χ2n) is 7.52.